The molecule has 2 N–H and O–H groups in total. The van der Waals surface area contributed by atoms with Crippen molar-refractivity contribution in [1.82, 2.24) is 0 Å². The highest BCUT2D eigenvalue weighted by molar-refractivity contribution is 9.10. The molecule has 0 aliphatic heterocycles. The highest BCUT2D eigenvalue weighted by Crippen LogP contribution is 2.27. The summed E-state index contributed by atoms with van der Waals surface area (Å²) in [6.07, 6.45) is 2.92. The van der Waals surface area contributed by atoms with Crippen molar-refractivity contribution in [3.8, 4) is 0 Å². The lowest BCUT2D eigenvalue weighted by Crippen LogP contribution is -2.27. The molecule has 0 bridgehead atoms. The average molecular weight is 388 g/mol. The fraction of sp³-hybridized carbons (Fsp3) is 0.263. The van der Waals surface area contributed by atoms with E-state index in [-0.39, 0.29) is 0 Å². The number of amides is 1. The third kappa shape index (κ3) is 3.51. The van der Waals surface area contributed by atoms with E-state index in [0.29, 0.717) is 11.1 Å². The Labute approximate surface area is 149 Å². The number of hydrogen-bond donors (Lipinski definition) is 1. The maximum atomic E-state index is 12.6. The summed E-state index contributed by atoms with van der Waals surface area (Å²) in [5, 5.41) is 0. The second kappa shape index (κ2) is 7.18. The average Bonchev–Trinajstić information content (AvgIpc) is 2.58. The van der Waals surface area contributed by atoms with Crippen LogP contribution in [-0.4, -0.2) is 11.9 Å². The Morgan fingerprint density at radius 3 is 2.58 bits per heavy atom. The molecule has 2 aromatic rings. The summed E-state index contributed by atoms with van der Waals surface area (Å²) in [5.74, 6) is -1.19. The topological polar surface area (TPSA) is 69.4 Å². The molecule has 0 saturated carbocycles. The van der Waals surface area contributed by atoms with Crippen molar-refractivity contribution >= 4 is 27.8 Å². The van der Waals surface area contributed by atoms with Crippen molar-refractivity contribution in [1.29, 1.82) is 0 Å². The summed E-state index contributed by atoms with van der Waals surface area (Å²) >= 11 is 3.35. The lowest BCUT2D eigenvalue weighted by atomic mass is 9.88. The van der Waals surface area contributed by atoms with Crippen LogP contribution in [-0.2, 0) is 22.4 Å². The van der Waals surface area contributed by atoms with Crippen LogP contribution < -0.4 is 5.73 Å². The van der Waals surface area contributed by atoms with Crippen molar-refractivity contribution < 1.29 is 14.3 Å². The number of hydrogen-bond acceptors (Lipinski definition) is 3. The highest BCUT2D eigenvalue weighted by Gasteiger charge is 2.26. The summed E-state index contributed by atoms with van der Waals surface area (Å²) in [6.45, 7) is 0. The minimum Gasteiger partial charge on any atom is -0.444 e. The second-order valence-corrected chi connectivity index (χ2v) is 6.81. The van der Waals surface area contributed by atoms with Gasteiger partial charge in [0.25, 0.3) is 5.91 Å². The van der Waals surface area contributed by atoms with E-state index in [1.54, 1.807) is 24.3 Å². The Kier molecular flexibility index (Phi) is 5.00. The number of carbonyl (C=O) groups is 2. The first-order valence-corrected chi connectivity index (χ1v) is 8.72. The molecule has 124 valence electrons. The van der Waals surface area contributed by atoms with Gasteiger partial charge in [0.2, 0.25) is 6.10 Å². The van der Waals surface area contributed by atoms with Gasteiger partial charge >= 0.3 is 5.97 Å². The first-order chi connectivity index (χ1) is 11.6. The maximum absolute atomic E-state index is 12.6. The number of ether oxygens (including phenoxy) is 1. The molecule has 24 heavy (non-hydrogen) atoms. The smallest absolute Gasteiger partial charge is 0.339 e. The Morgan fingerprint density at radius 1 is 1.08 bits per heavy atom. The van der Waals surface area contributed by atoms with Crippen LogP contribution in [0.5, 0.6) is 0 Å². The summed E-state index contributed by atoms with van der Waals surface area (Å²) in [6, 6.07) is 12.7. The van der Waals surface area contributed by atoms with E-state index >= 15 is 0 Å². The largest absolute Gasteiger partial charge is 0.444 e. The minimum absolute atomic E-state index is 0.502. The van der Waals surface area contributed by atoms with Crippen molar-refractivity contribution in [2.45, 2.75) is 31.8 Å². The maximum Gasteiger partial charge on any atom is 0.339 e. The second-order valence-electron chi connectivity index (χ2n) is 5.89. The monoisotopic (exact) mass is 387 g/mol. The van der Waals surface area contributed by atoms with Crippen LogP contribution in [0.1, 0.15) is 46.0 Å². The van der Waals surface area contributed by atoms with Crippen molar-refractivity contribution in [2.75, 3.05) is 0 Å². The van der Waals surface area contributed by atoms with Gasteiger partial charge in [-0.3, -0.25) is 4.79 Å². The number of benzene rings is 2. The van der Waals surface area contributed by atoms with Gasteiger partial charge in [0.05, 0.1) is 5.56 Å². The van der Waals surface area contributed by atoms with Crippen LogP contribution in [0.25, 0.3) is 0 Å². The van der Waals surface area contributed by atoms with Crippen molar-refractivity contribution in [2.24, 2.45) is 5.73 Å². The predicted molar refractivity (Wildman–Crippen MR) is 94.6 cm³/mol. The fourth-order valence-corrected chi connectivity index (χ4v) is 3.52. The normalized spacial score (nSPS) is 14.5. The van der Waals surface area contributed by atoms with E-state index in [1.165, 1.54) is 5.56 Å². The summed E-state index contributed by atoms with van der Waals surface area (Å²) in [4.78, 5) is 24.4. The van der Waals surface area contributed by atoms with E-state index in [9.17, 15) is 9.59 Å². The van der Waals surface area contributed by atoms with Crippen LogP contribution in [0.15, 0.2) is 46.9 Å². The molecular weight excluding hydrogens is 370 g/mol. The molecular formula is C19H18BrNO3. The van der Waals surface area contributed by atoms with Gasteiger partial charge in [-0.1, -0.05) is 40.2 Å². The van der Waals surface area contributed by atoms with Gasteiger partial charge in [0.15, 0.2) is 0 Å². The molecule has 0 spiro atoms. The van der Waals surface area contributed by atoms with E-state index in [4.69, 9.17) is 10.5 Å². The molecule has 2 aromatic carbocycles. The van der Waals surface area contributed by atoms with E-state index in [0.717, 1.165) is 35.7 Å². The number of rotatable bonds is 4. The van der Waals surface area contributed by atoms with Gasteiger partial charge in [0.1, 0.15) is 0 Å². The van der Waals surface area contributed by atoms with Gasteiger partial charge < -0.3 is 10.5 Å². The van der Waals surface area contributed by atoms with Gasteiger partial charge in [-0.05, 0) is 55.0 Å². The fourth-order valence-electron chi connectivity index (χ4n) is 3.10. The molecule has 1 atom stereocenters. The molecule has 1 amide bonds. The van der Waals surface area contributed by atoms with E-state index in [1.807, 2.05) is 18.2 Å². The van der Waals surface area contributed by atoms with Crippen LogP contribution >= 0.6 is 15.9 Å². The standard InChI is InChI=1S/C19H18BrNO3/c20-14-8-3-7-13(11-14)17(18(21)22)24-19(23)16-10-4-6-12-5-1-2-9-15(12)16/h3-4,6-8,10-11,17H,1-2,5,9H2,(H2,21,22). The molecule has 0 saturated heterocycles. The first kappa shape index (κ1) is 16.7. The number of halogens is 1. The van der Waals surface area contributed by atoms with E-state index in [2.05, 4.69) is 15.9 Å². The molecule has 3 rings (SSSR count). The Bertz CT molecular complexity index is 788. The van der Waals surface area contributed by atoms with Gasteiger partial charge in [-0.15, -0.1) is 0 Å². The summed E-state index contributed by atoms with van der Waals surface area (Å²) in [7, 11) is 0. The molecule has 0 aromatic heterocycles. The molecule has 0 fully saturated rings. The molecule has 1 aliphatic rings. The zero-order chi connectivity index (χ0) is 17.1. The molecule has 5 heteroatoms. The lowest BCUT2D eigenvalue weighted by molar-refractivity contribution is -0.127. The summed E-state index contributed by atoms with van der Waals surface area (Å²) < 4.78 is 6.26. The highest BCUT2D eigenvalue weighted by atomic mass is 79.9. The quantitative estimate of drug-likeness (QED) is 0.812. The Balaban J connectivity index is 1.89. The number of aryl methyl sites for hydroxylation is 1. The zero-order valence-electron chi connectivity index (χ0n) is 13.1. The number of primary amides is 1. The SMILES string of the molecule is NC(=O)C(OC(=O)c1cccc2c1CCCC2)c1cccc(Br)c1. The van der Waals surface area contributed by atoms with Gasteiger partial charge in [0, 0.05) is 10.0 Å². The van der Waals surface area contributed by atoms with Crippen LogP contribution in [0.3, 0.4) is 0 Å². The number of fused-ring (bicyclic) bond motifs is 1. The van der Waals surface area contributed by atoms with Gasteiger partial charge in [-0.25, -0.2) is 4.79 Å². The molecule has 4 nitrogen and oxygen atoms in total. The third-order valence-corrected chi connectivity index (χ3v) is 4.74. The molecule has 1 unspecified atom stereocenters. The van der Waals surface area contributed by atoms with Crippen LogP contribution in [0, 0.1) is 0 Å². The molecule has 0 heterocycles. The predicted octanol–water partition coefficient (Wildman–Crippen LogP) is 3.71. The Morgan fingerprint density at radius 2 is 1.83 bits per heavy atom. The zero-order valence-corrected chi connectivity index (χ0v) is 14.7. The van der Waals surface area contributed by atoms with Gasteiger partial charge in [-0.2, -0.15) is 0 Å². The lowest BCUT2D eigenvalue weighted by Gasteiger charge is -2.20. The van der Waals surface area contributed by atoms with Crippen LogP contribution in [0.4, 0.5) is 0 Å². The van der Waals surface area contributed by atoms with Crippen LogP contribution in [0.2, 0.25) is 0 Å². The molecule has 0 radical (unpaired) electrons. The molecule has 1 aliphatic carbocycles. The number of carbonyl (C=O) groups excluding carboxylic acids is 2. The number of nitrogens with two attached hydrogens (primary N) is 1. The minimum atomic E-state index is -1.10. The first-order valence-electron chi connectivity index (χ1n) is 7.93. The van der Waals surface area contributed by atoms with Crippen molar-refractivity contribution in [3.63, 3.8) is 0 Å². The summed E-state index contributed by atoms with van der Waals surface area (Å²) in [5.41, 5.74) is 8.76. The third-order valence-electron chi connectivity index (χ3n) is 4.25. The van der Waals surface area contributed by atoms with Crippen molar-refractivity contribution in [3.05, 3.63) is 69.2 Å². The Hall–Kier alpha value is -2.14. The van der Waals surface area contributed by atoms with E-state index < -0.39 is 18.0 Å². The number of esters is 1.